The summed E-state index contributed by atoms with van der Waals surface area (Å²) >= 11 is 0. The Bertz CT molecular complexity index is 715. The lowest BCUT2D eigenvalue weighted by molar-refractivity contribution is -0.160. The van der Waals surface area contributed by atoms with Gasteiger partial charge in [-0.3, -0.25) is 9.78 Å². The third kappa shape index (κ3) is 3.21. The van der Waals surface area contributed by atoms with Gasteiger partial charge in [-0.25, -0.2) is 4.79 Å². The molecule has 3 rings (SSSR count). The molecule has 1 N–H and O–H groups in total. The Balaban J connectivity index is 1.78. The van der Waals surface area contributed by atoms with Gasteiger partial charge in [0.25, 0.3) is 5.91 Å². The van der Waals surface area contributed by atoms with Gasteiger partial charge < -0.3 is 19.3 Å². The maximum atomic E-state index is 12.5. The van der Waals surface area contributed by atoms with E-state index >= 15 is 0 Å². The largest absolute Gasteiger partial charge is 0.479 e. The number of aromatic nitrogens is 2. The van der Waals surface area contributed by atoms with Gasteiger partial charge in [0, 0.05) is 30.6 Å². The number of nitrogens with zero attached hydrogens (tertiary/aromatic N) is 3. The molecule has 0 radical (unpaired) electrons. The molecule has 2 atom stereocenters. The summed E-state index contributed by atoms with van der Waals surface area (Å²) in [5, 5.41) is 12.9. The van der Waals surface area contributed by atoms with Gasteiger partial charge >= 0.3 is 5.97 Å². The Morgan fingerprint density at radius 1 is 1.39 bits per heavy atom. The topological polar surface area (TPSA) is 106 Å². The van der Waals surface area contributed by atoms with Crippen molar-refractivity contribution in [2.24, 2.45) is 0 Å². The minimum absolute atomic E-state index is 0.0202. The second-order valence-corrected chi connectivity index (χ2v) is 5.30. The van der Waals surface area contributed by atoms with Crippen LogP contribution in [-0.4, -0.2) is 57.3 Å². The maximum Gasteiger partial charge on any atom is 0.334 e. The fraction of sp³-hybridized carbons (Fsp3) is 0.333. The van der Waals surface area contributed by atoms with Gasteiger partial charge in [-0.15, -0.1) is 0 Å². The Morgan fingerprint density at radius 3 is 2.91 bits per heavy atom. The highest BCUT2D eigenvalue weighted by molar-refractivity contribution is 5.93. The van der Waals surface area contributed by atoms with Gasteiger partial charge in [-0.2, -0.15) is 0 Å². The average molecular weight is 317 g/mol. The Morgan fingerprint density at radius 2 is 2.22 bits per heavy atom. The summed E-state index contributed by atoms with van der Waals surface area (Å²) in [6, 6.07) is 5.06. The van der Waals surface area contributed by atoms with E-state index < -0.39 is 12.1 Å². The Kier molecular flexibility index (Phi) is 4.07. The van der Waals surface area contributed by atoms with Crippen molar-refractivity contribution in [3.63, 3.8) is 0 Å². The molecule has 1 amide bonds. The number of rotatable bonds is 3. The summed E-state index contributed by atoms with van der Waals surface area (Å²) in [4.78, 5) is 29.0. The van der Waals surface area contributed by atoms with Crippen molar-refractivity contribution in [2.75, 3.05) is 13.1 Å². The fourth-order valence-corrected chi connectivity index (χ4v) is 2.44. The number of amides is 1. The van der Waals surface area contributed by atoms with Crippen LogP contribution in [-0.2, 0) is 9.53 Å². The molecule has 1 saturated heterocycles. The highest BCUT2D eigenvalue weighted by atomic mass is 16.5. The van der Waals surface area contributed by atoms with Crippen molar-refractivity contribution in [3.8, 4) is 11.3 Å². The number of carbonyl (C=O) groups excluding carboxylic acids is 1. The van der Waals surface area contributed by atoms with Gasteiger partial charge in [-0.05, 0) is 19.1 Å². The number of hydrogen-bond donors (Lipinski definition) is 1. The average Bonchev–Trinajstić information content (AvgIpc) is 3.04. The molecule has 0 bridgehead atoms. The number of ether oxygens (including phenoxy) is 1. The van der Waals surface area contributed by atoms with E-state index in [-0.39, 0.29) is 24.2 Å². The molecule has 3 heterocycles. The molecule has 1 unspecified atom stereocenters. The van der Waals surface area contributed by atoms with Crippen LogP contribution < -0.4 is 0 Å². The normalized spacial score (nSPS) is 21.2. The number of aliphatic carboxylic acids is 1. The van der Waals surface area contributed by atoms with Crippen LogP contribution in [0.15, 0.2) is 35.1 Å². The van der Waals surface area contributed by atoms with Crippen LogP contribution in [0.25, 0.3) is 11.3 Å². The summed E-state index contributed by atoms with van der Waals surface area (Å²) in [6.07, 6.45) is 1.84. The molecule has 23 heavy (non-hydrogen) atoms. The summed E-state index contributed by atoms with van der Waals surface area (Å²) in [7, 11) is 0. The number of carboxylic acids is 1. The van der Waals surface area contributed by atoms with Crippen molar-refractivity contribution in [1.29, 1.82) is 0 Å². The molecule has 120 valence electrons. The highest BCUT2D eigenvalue weighted by Gasteiger charge is 2.34. The molecule has 0 aliphatic carbocycles. The lowest BCUT2D eigenvalue weighted by atomic mass is 10.2. The summed E-state index contributed by atoms with van der Waals surface area (Å²) in [6.45, 7) is 2.00. The second kappa shape index (κ2) is 6.17. The molecule has 8 nitrogen and oxygen atoms in total. The minimum atomic E-state index is -1.09. The zero-order valence-corrected chi connectivity index (χ0v) is 12.4. The van der Waals surface area contributed by atoms with E-state index in [0.29, 0.717) is 17.9 Å². The number of morpholine rings is 1. The van der Waals surface area contributed by atoms with Crippen LogP contribution >= 0.6 is 0 Å². The lowest BCUT2D eigenvalue weighted by Gasteiger charge is -2.34. The molecule has 2 aromatic heterocycles. The maximum absolute atomic E-state index is 12.5. The first kappa shape index (κ1) is 15.2. The van der Waals surface area contributed by atoms with E-state index in [1.54, 1.807) is 31.5 Å². The quantitative estimate of drug-likeness (QED) is 0.901. The second-order valence-electron chi connectivity index (χ2n) is 5.30. The van der Waals surface area contributed by atoms with Crippen molar-refractivity contribution < 1.29 is 24.0 Å². The van der Waals surface area contributed by atoms with Crippen LogP contribution in [0.3, 0.4) is 0 Å². The first-order valence-electron chi connectivity index (χ1n) is 7.09. The van der Waals surface area contributed by atoms with Gasteiger partial charge in [0.2, 0.25) is 0 Å². The molecular formula is C15H15N3O5. The van der Waals surface area contributed by atoms with E-state index in [1.165, 1.54) is 11.0 Å². The Labute approximate surface area is 131 Å². The SMILES string of the molecule is C[C@@H]1CN(C(=O)c2cc(-c3cccnc3)on2)CC(C(=O)O)O1. The smallest absolute Gasteiger partial charge is 0.334 e. The first-order chi connectivity index (χ1) is 11.0. The first-order valence-corrected chi connectivity index (χ1v) is 7.09. The van der Waals surface area contributed by atoms with Gasteiger partial charge in [0.15, 0.2) is 17.6 Å². The molecule has 0 saturated carbocycles. The monoisotopic (exact) mass is 317 g/mol. The van der Waals surface area contributed by atoms with E-state index in [1.807, 2.05) is 0 Å². The number of carboxylic acid groups (broad SMARTS) is 1. The number of carbonyl (C=O) groups is 2. The van der Waals surface area contributed by atoms with Gasteiger partial charge in [0.1, 0.15) is 0 Å². The zero-order chi connectivity index (χ0) is 16.4. The third-order valence-corrected chi connectivity index (χ3v) is 3.50. The van der Waals surface area contributed by atoms with Crippen LogP contribution in [0.1, 0.15) is 17.4 Å². The fourth-order valence-electron chi connectivity index (χ4n) is 2.44. The van der Waals surface area contributed by atoms with E-state index in [0.717, 1.165) is 0 Å². The molecule has 1 aliphatic rings. The van der Waals surface area contributed by atoms with E-state index in [9.17, 15) is 9.59 Å². The van der Waals surface area contributed by atoms with Gasteiger partial charge in [-0.1, -0.05) is 5.16 Å². The molecule has 8 heteroatoms. The van der Waals surface area contributed by atoms with Crippen LogP contribution in [0.5, 0.6) is 0 Å². The van der Waals surface area contributed by atoms with E-state index in [2.05, 4.69) is 10.1 Å². The summed E-state index contributed by atoms with van der Waals surface area (Å²) in [5.41, 5.74) is 0.833. The molecular weight excluding hydrogens is 302 g/mol. The molecule has 0 aromatic carbocycles. The van der Waals surface area contributed by atoms with Crippen molar-refractivity contribution in [2.45, 2.75) is 19.1 Å². The molecule has 1 fully saturated rings. The van der Waals surface area contributed by atoms with Crippen molar-refractivity contribution >= 4 is 11.9 Å². The molecule has 0 spiro atoms. The molecule has 2 aromatic rings. The van der Waals surface area contributed by atoms with Gasteiger partial charge in [0.05, 0.1) is 12.6 Å². The predicted molar refractivity (Wildman–Crippen MR) is 77.6 cm³/mol. The highest BCUT2D eigenvalue weighted by Crippen LogP contribution is 2.21. The number of pyridine rings is 1. The Hall–Kier alpha value is -2.74. The summed E-state index contributed by atoms with van der Waals surface area (Å²) in [5.74, 6) is -1.05. The van der Waals surface area contributed by atoms with E-state index in [4.69, 9.17) is 14.4 Å². The lowest BCUT2D eigenvalue weighted by Crippen LogP contribution is -2.51. The summed E-state index contributed by atoms with van der Waals surface area (Å²) < 4.78 is 10.5. The van der Waals surface area contributed by atoms with Crippen molar-refractivity contribution in [1.82, 2.24) is 15.0 Å². The molecule has 1 aliphatic heterocycles. The van der Waals surface area contributed by atoms with Crippen LogP contribution in [0.4, 0.5) is 0 Å². The zero-order valence-electron chi connectivity index (χ0n) is 12.4. The number of hydrogen-bond acceptors (Lipinski definition) is 6. The van der Waals surface area contributed by atoms with Crippen LogP contribution in [0, 0.1) is 0 Å². The minimum Gasteiger partial charge on any atom is -0.479 e. The standard InChI is InChI=1S/C15H15N3O5/c1-9-7-18(8-13(22-9)15(20)21)14(19)11-5-12(23-17-11)10-3-2-4-16-6-10/h2-6,9,13H,7-8H2,1H3,(H,20,21)/t9-,13?/m1/s1. The third-order valence-electron chi connectivity index (χ3n) is 3.50. The van der Waals surface area contributed by atoms with Crippen LogP contribution in [0.2, 0.25) is 0 Å². The predicted octanol–water partition coefficient (Wildman–Crippen LogP) is 1.05. The van der Waals surface area contributed by atoms with Crippen molar-refractivity contribution in [3.05, 3.63) is 36.3 Å².